The molecule has 0 amide bonds. The van der Waals surface area contributed by atoms with Crippen molar-refractivity contribution in [1.82, 2.24) is 5.32 Å². The Morgan fingerprint density at radius 2 is 1.89 bits per heavy atom. The Morgan fingerprint density at radius 3 is 2.59 bits per heavy atom. The third-order valence-electron chi connectivity index (χ3n) is 6.12. The summed E-state index contributed by atoms with van der Waals surface area (Å²) in [5.41, 5.74) is 3.61. The van der Waals surface area contributed by atoms with Crippen molar-refractivity contribution in [2.75, 3.05) is 25.0 Å². The van der Waals surface area contributed by atoms with Crippen LogP contribution in [0.3, 0.4) is 0 Å². The predicted molar refractivity (Wildman–Crippen MR) is 110 cm³/mol. The Labute approximate surface area is 167 Å². The zero-order chi connectivity index (χ0) is 18.1. The minimum atomic E-state index is -0.619. The summed E-state index contributed by atoms with van der Waals surface area (Å²) < 4.78 is 13.9. The first-order valence-corrected chi connectivity index (χ1v) is 9.59. The molecular formula is C22H28ClFN2O. The predicted octanol–water partition coefficient (Wildman–Crippen LogP) is 4.20. The van der Waals surface area contributed by atoms with Gasteiger partial charge in [0.1, 0.15) is 5.82 Å². The molecular weight excluding hydrogens is 363 g/mol. The number of rotatable bonds is 5. The number of para-hydroxylation sites is 1. The number of nitrogens with one attached hydrogen (secondary N) is 1. The van der Waals surface area contributed by atoms with E-state index < -0.39 is 6.10 Å². The van der Waals surface area contributed by atoms with Crippen LogP contribution >= 0.6 is 12.4 Å². The topological polar surface area (TPSA) is 35.5 Å². The highest BCUT2D eigenvalue weighted by atomic mass is 35.5. The van der Waals surface area contributed by atoms with E-state index in [4.69, 9.17) is 0 Å². The second-order valence-electron chi connectivity index (χ2n) is 7.76. The van der Waals surface area contributed by atoms with E-state index in [0.717, 1.165) is 12.1 Å². The highest BCUT2D eigenvalue weighted by Crippen LogP contribution is 2.52. The first-order chi connectivity index (χ1) is 12.6. The number of aliphatic hydroxyl groups is 1. The lowest BCUT2D eigenvalue weighted by molar-refractivity contribution is 0.139. The second kappa shape index (κ2) is 8.17. The molecule has 1 saturated carbocycles. The van der Waals surface area contributed by atoms with Crippen LogP contribution in [0, 0.1) is 5.82 Å². The molecule has 0 saturated heterocycles. The summed E-state index contributed by atoms with van der Waals surface area (Å²) >= 11 is 0. The zero-order valence-corrected chi connectivity index (χ0v) is 16.5. The van der Waals surface area contributed by atoms with Crippen LogP contribution in [0.15, 0.2) is 48.5 Å². The fourth-order valence-corrected chi connectivity index (χ4v) is 5.02. The number of nitrogens with zero attached hydrogens (tertiary/aromatic N) is 1. The van der Waals surface area contributed by atoms with Gasteiger partial charge in [0, 0.05) is 24.2 Å². The monoisotopic (exact) mass is 390 g/mol. The Hall–Kier alpha value is -1.62. The summed E-state index contributed by atoms with van der Waals surface area (Å²) in [7, 11) is 1.84. The van der Waals surface area contributed by atoms with Gasteiger partial charge in [-0.15, -0.1) is 12.4 Å². The maximum Gasteiger partial charge on any atom is 0.123 e. The van der Waals surface area contributed by atoms with Crippen LogP contribution in [0.25, 0.3) is 0 Å². The van der Waals surface area contributed by atoms with E-state index >= 15 is 0 Å². The Kier molecular flexibility index (Phi) is 6.09. The van der Waals surface area contributed by atoms with E-state index in [1.807, 2.05) is 13.1 Å². The molecule has 1 aliphatic carbocycles. The quantitative estimate of drug-likeness (QED) is 0.803. The lowest BCUT2D eigenvalue weighted by Crippen LogP contribution is -2.42. The standard InChI is InChI=1S/C22H27FN2O.ClH/c1-24-14-20(26)21(16-7-6-8-17(23)13-16)25-15-22(11-4-5-12-22)18-9-2-3-10-19(18)25;/h2-3,6-10,13,20-21,24,26H,4-5,11-12,14-15H2,1H3;1H/t20-,21+;/m1./s1. The van der Waals surface area contributed by atoms with Crippen molar-refractivity contribution in [3.8, 4) is 0 Å². The second-order valence-corrected chi connectivity index (χ2v) is 7.76. The number of anilines is 1. The molecule has 2 aliphatic rings. The maximum atomic E-state index is 13.9. The van der Waals surface area contributed by atoms with Gasteiger partial charge in [0.25, 0.3) is 0 Å². The van der Waals surface area contributed by atoms with Gasteiger partial charge in [-0.3, -0.25) is 0 Å². The van der Waals surface area contributed by atoms with E-state index in [1.165, 1.54) is 43.0 Å². The molecule has 1 heterocycles. The molecule has 0 aromatic heterocycles. The van der Waals surface area contributed by atoms with Gasteiger partial charge < -0.3 is 15.3 Å². The van der Waals surface area contributed by atoms with Crippen molar-refractivity contribution in [1.29, 1.82) is 0 Å². The number of hydrogen-bond acceptors (Lipinski definition) is 3. The van der Waals surface area contributed by atoms with Gasteiger partial charge in [-0.2, -0.15) is 0 Å². The van der Waals surface area contributed by atoms with Crippen LogP contribution in [0.5, 0.6) is 0 Å². The fraction of sp³-hybridized carbons (Fsp3) is 0.455. The summed E-state index contributed by atoms with van der Waals surface area (Å²) in [6.07, 6.45) is 4.28. The smallest absolute Gasteiger partial charge is 0.123 e. The van der Waals surface area contributed by atoms with Crippen LogP contribution in [0.1, 0.15) is 42.9 Å². The van der Waals surface area contributed by atoms with E-state index in [2.05, 4.69) is 34.5 Å². The molecule has 146 valence electrons. The number of benzene rings is 2. The van der Waals surface area contributed by atoms with Crippen LogP contribution in [-0.2, 0) is 5.41 Å². The van der Waals surface area contributed by atoms with Gasteiger partial charge in [0.2, 0.25) is 0 Å². The minimum Gasteiger partial charge on any atom is -0.389 e. The normalized spacial score (nSPS) is 19.6. The third-order valence-corrected chi connectivity index (χ3v) is 6.12. The van der Waals surface area contributed by atoms with Gasteiger partial charge in [0.15, 0.2) is 0 Å². The largest absolute Gasteiger partial charge is 0.389 e. The number of aliphatic hydroxyl groups excluding tert-OH is 1. The van der Waals surface area contributed by atoms with E-state index in [-0.39, 0.29) is 29.7 Å². The van der Waals surface area contributed by atoms with Crippen LogP contribution < -0.4 is 10.2 Å². The summed E-state index contributed by atoms with van der Waals surface area (Å²) in [6, 6.07) is 15.0. The summed E-state index contributed by atoms with van der Waals surface area (Å²) in [5.74, 6) is -0.257. The summed E-state index contributed by atoms with van der Waals surface area (Å²) in [4.78, 5) is 2.32. The van der Waals surface area contributed by atoms with Gasteiger partial charge in [-0.05, 0) is 49.2 Å². The van der Waals surface area contributed by atoms with Gasteiger partial charge in [-0.25, -0.2) is 4.39 Å². The molecule has 2 aromatic carbocycles. The molecule has 0 unspecified atom stereocenters. The highest BCUT2D eigenvalue weighted by molar-refractivity contribution is 5.85. The molecule has 2 N–H and O–H groups in total. The van der Waals surface area contributed by atoms with E-state index in [0.29, 0.717) is 6.54 Å². The first-order valence-electron chi connectivity index (χ1n) is 9.59. The van der Waals surface area contributed by atoms with Crippen LogP contribution in [0.4, 0.5) is 10.1 Å². The van der Waals surface area contributed by atoms with Crippen LogP contribution in [-0.4, -0.2) is 31.3 Å². The number of fused-ring (bicyclic) bond motifs is 2. The molecule has 2 aromatic rings. The van der Waals surface area contributed by atoms with Crippen molar-refractivity contribution in [2.45, 2.75) is 43.2 Å². The van der Waals surface area contributed by atoms with E-state index in [9.17, 15) is 9.50 Å². The van der Waals surface area contributed by atoms with Crippen molar-refractivity contribution in [3.05, 3.63) is 65.5 Å². The number of likely N-dealkylation sites (N-methyl/N-ethyl adjacent to an activating group) is 1. The Balaban J connectivity index is 0.00000210. The average molecular weight is 391 g/mol. The van der Waals surface area contributed by atoms with Crippen LogP contribution in [0.2, 0.25) is 0 Å². The number of halogens is 2. The SMILES string of the molecule is CNC[C@@H](O)[C@H](c1cccc(F)c1)N1CC2(CCCC2)c2ccccc21.Cl. The van der Waals surface area contributed by atoms with Crippen molar-refractivity contribution < 1.29 is 9.50 Å². The average Bonchev–Trinajstić information content (AvgIpc) is 3.23. The molecule has 1 fully saturated rings. The third kappa shape index (κ3) is 3.58. The first kappa shape index (κ1) is 20.1. The lowest BCUT2D eigenvalue weighted by Gasteiger charge is -2.36. The molecule has 2 atom stereocenters. The van der Waals surface area contributed by atoms with E-state index in [1.54, 1.807) is 12.1 Å². The molecule has 5 heteroatoms. The minimum absolute atomic E-state index is 0. The molecule has 3 nitrogen and oxygen atoms in total. The summed E-state index contributed by atoms with van der Waals surface area (Å²) in [5, 5.41) is 14.0. The van der Waals surface area contributed by atoms with Gasteiger partial charge in [0.05, 0.1) is 12.1 Å². The van der Waals surface area contributed by atoms with Crippen molar-refractivity contribution in [2.24, 2.45) is 0 Å². The Bertz CT molecular complexity index is 778. The van der Waals surface area contributed by atoms with Gasteiger partial charge >= 0.3 is 0 Å². The Morgan fingerprint density at radius 1 is 1.15 bits per heavy atom. The van der Waals surface area contributed by atoms with Crippen molar-refractivity contribution >= 4 is 18.1 Å². The number of hydrogen-bond donors (Lipinski definition) is 2. The highest BCUT2D eigenvalue weighted by Gasteiger charge is 2.47. The fourth-order valence-electron chi connectivity index (χ4n) is 5.02. The molecule has 0 bridgehead atoms. The molecule has 1 spiro atoms. The molecule has 1 aliphatic heterocycles. The maximum absolute atomic E-state index is 13.9. The van der Waals surface area contributed by atoms with Crippen molar-refractivity contribution in [3.63, 3.8) is 0 Å². The van der Waals surface area contributed by atoms with Gasteiger partial charge in [-0.1, -0.05) is 43.2 Å². The molecule has 27 heavy (non-hydrogen) atoms. The molecule has 4 rings (SSSR count). The zero-order valence-electron chi connectivity index (χ0n) is 15.7. The summed E-state index contributed by atoms with van der Waals surface area (Å²) in [6.45, 7) is 1.36. The molecule has 0 radical (unpaired) electrons. The lowest BCUT2D eigenvalue weighted by atomic mass is 9.81.